The Labute approximate surface area is 146 Å². The lowest BCUT2D eigenvalue weighted by molar-refractivity contribution is -0.120. The number of carbonyl (C=O) groups excluding carboxylic acids is 2. The molecule has 138 valence electrons. The van der Waals surface area contributed by atoms with Crippen LogP contribution >= 0.6 is 0 Å². The summed E-state index contributed by atoms with van der Waals surface area (Å²) in [4.78, 5) is 25.9. The van der Waals surface area contributed by atoms with E-state index in [1.54, 1.807) is 0 Å². The van der Waals surface area contributed by atoms with Crippen molar-refractivity contribution in [1.29, 1.82) is 0 Å². The van der Waals surface area contributed by atoms with Crippen molar-refractivity contribution >= 4 is 11.8 Å². The molecular formula is C18H25F2N3O2. The monoisotopic (exact) mass is 353 g/mol. The van der Waals surface area contributed by atoms with Gasteiger partial charge in [0.15, 0.2) is 0 Å². The lowest BCUT2D eigenvalue weighted by Crippen LogP contribution is -2.44. The summed E-state index contributed by atoms with van der Waals surface area (Å²) < 4.78 is 26.2. The Balaban J connectivity index is 1.69. The molecule has 1 aliphatic heterocycles. The van der Waals surface area contributed by atoms with Crippen molar-refractivity contribution in [2.45, 2.75) is 20.3 Å². The Morgan fingerprint density at radius 1 is 1.08 bits per heavy atom. The summed E-state index contributed by atoms with van der Waals surface area (Å²) in [6.07, 6.45) is 1.23. The molecule has 0 spiro atoms. The third kappa shape index (κ3) is 6.42. The predicted molar refractivity (Wildman–Crippen MR) is 91.1 cm³/mol. The summed E-state index contributed by atoms with van der Waals surface area (Å²) in [6, 6.07) is 2.54. The number of hydrogen-bond donors (Lipinski definition) is 2. The Morgan fingerprint density at radius 2 is 1.68 bits per heavy atom. The minimum absolute atomic E-state index is 0.151. The van der Waals surface area contributed by atoms with Crippen molar-refractivity contribution in [3.8, 4) is 0 Å². The first-order valence-electron chi connectivity index (χ1n) is 8.57. The smallest absolute Gasteiger partial charge is 0.251 e. The number of halogens is 2. The van der Waals surface area contributed by atoms with Gasteiger partial charge in [-0.05, 0) is 30.4 Å². The zero-order valence-corrected chi connectivity index (χ0v) is 14.6. The molecule has 2 N–H and O–H groups in total. The molecular weight excluding hydrogens is 328 g/mol. The number of benzene rings is 1. The van der Waals surface area contributed by atoms with Crippen molar-refractivity contribution in [2.75, 3.05) is 32.7 Å². The van der Waals surface area contributed by atoms with Crippen LogP contribution in [0.2, 0.25) is 0 Å². The van der Waals surface area contributed by atoms with E-state index in [1.165, 1.54) is 6.42 Å². The van der Waals surface area contributed by atoms with Gasteiger partial charge in [-0.2, -0.15) is 0 Å². The average molecular weight is 353 g/mol. The molecule has 1 aromatic rings. The summed E-state index contributed by atoms with van der Waals surface area (Å²) in [6.45, 7) is 7.55. The molecule has 1 aliphatic rings. The summed E-state index contributed by atoms with van der Waals surface area (Å²) >= 11 is 0. The zero-order valence-electron chi connectivity index (χ0n) is 14.6. The Bertz CT molecular complexity index is 594. The quantitative estimate of drug-likeness (QED) is 0.820. The highest BCUT2D eigenvalue weighted by molar-refractivity contribution is 5.96. The highest BCUT2D eigenvalue weighted by atomic mass is 19.1. The first-order chi connectivity index (χ1) is 11.8. The van der Waals surface area contributed by atoms with Crippen LogP contribution in [0.25, 0.3) is 0 Å². The molecule has 0 radical (unpaired) electrons. The maximum absolute atomic E-state index is 13.1. The van der Waals surface area contributed by atoms with E-state index in [-0.39, 0.29) is 18.0 Å². The summed E-state index contributed by atoms with van der Waals surface area (Å²) in [7, 11) is 0. The molecule has 2 amide bonds. The van der Waals surface area contributed by atoms with Crippen LogP contribution in [-0.4, -0.2) is 49.4 Å². The van der Waals surface area contributed by atoms with Gasteiger partial charge < -0.3 is 15.5 Å². The number of likely N-dealkylation sites (tertiary alicyclic amines) is 1. The molecule has 25 heavy (non-hydrogen) atoms. The number of carbonyl (C=O) groups is 2. The fraction of sp³-hybridized carbons (Fsp3) is 0.556. The van der Waals surface area contributed by atoms with Gasteiger partial charge in [-0.3, -0.25) is 9.59 Å². The van der Waals surface area contributed by atoms with Crippen LogP contribution < -0.4 is 10.6 Å². The molecule has 0 saturated carbocycles. The number of hydrogen-bond acceptors (Lipinski definition) is 3. The lowest BCUT2D eigenvalue weighted by atomic mass is 9.92. The molecule has 0 aromatic heterocycles. The maximum atomic E-state index is 13.1. The second kappa shape index (κ2) is 8.89. The second-order valence-corrected chi connectivity index (χ2v) is 6.90. The zero-order chi connectivity index (χ0) is 18.4. The van der Waals surface area contributed by atoms with Crippen molar-refractivity contribution in [3.63, 3.8) is 0 Å². The Hall–Kier alpha value is -2.02. The molecule has 2 atom stereocenters. The molecule has 0 bridgehead atoms. The topological polar surface area (TPSA) is 61.4 Å². The van der Waals surface area contributed by atoms with Crippen molar-refractivity contribution in [2.24, 2.45) is 11.8 Å². The first kappa shape index (κ1) is 19.3. The Kier molecular flexibility index (Phi) is 6.87. The van der Waals surface area contributed by atoms with Gasteiger partial charge in [0.05, 0.1) is 6.54 Å². The van der Waals surface area contributed by atoms with E-state index in [4.69, 9.17) is 0 Å². The van der Waals surface area contributed by atoms with E-state index < -0.39 is 17.5 Å². The average Bonchev–Trinajstić information content (AvgIpc) is 2.50. The molecule has 7 heteroatoms. The third-order valence-electron chi connectivity index (χ3n) is 4.23. The molecule has 1 fully saturated rings. The van der Waals surface area contributed by atoms with Crippen LogP contribution in [-0.2, 0) is 4.79 Å². The lowest BCUT2D eigenvalue weighted by Gasteiger charge is -2.34. The van der Waals surface area contributed by atoms with Crippen molar-refractivity contribution < 1.29 is 18.4 Å². The molecule has 0 aliphatic carbocycles. The number of nitrogens with zero attached hydrogens (tertiary/aromatic N) is 1. The van der Waals surface area contributed by atoms with Gasteiger partial charge in [0.1, 0.15) is 11.6 Å². The van der Waals surface area contributed by atoms with E-state index in [0.29, 0.717) is 24.4 Å². The summed E-state index contributed by atoms with van der Waals surface area (Å²) in [5.41, 5.74) is -0.151. The van der Waals surface area contributed by atoms with Crippen molar-refractivity contribution in [1.82, 2.24) is 15.5 Å². The van der Waals surface area contributed by atoms with Crippen LogP contribution in [0.4, 0.5) is 8.78 Å². The Morgan fingerprint density at radius 3 is 2.28 bits per heavy atom. The third-order valence-corrected chi connectivity index (χ3v) is 4.23. The number of amides is 2. The van der Waals surface area contributed by atoms with Crippen LogP contribution in [0, 0.1) is 23.5 Å². The number of nitrogens with one attached hydrogen (secondary N) is 2. The largest absolute Gasteiger partial charge is 0.353 e. The molecule has 1 heterocycles. The van der Waals surface area contributed by atoms with E-state index >= 15 is 0 Å². The van der Waals surface area contributed by atoms with Crippen LogP contribution in [0.3, 0.4) is 0 Å². The van der Waals surface area contributed by atoms with Gasteiger partial charge in [-0.1, -0.05) is 13.8 Å². The van der Waals surface area contributed by atoms with E-state index in [0.717, 1.165) is 31.8 Å². The van der Waals surface area contributed by atoms with Crippen LogP contribution in [0.1, 0.15) is 30.6 Å². The van der Waals surface area contributed by atoms with Crippen LogP contribution in [0.15, 0.2) is 18.2 Å². The minimum Gasteiger partial charge on any atom is -0.353 e. The molecule has 1 aromatic carbocycles. The number of piperidine rings is 1. The van der Waals surface area contributed by atoms with Gasteiger partial charge in [0.2, 0.25) is 5.91 Å². The van der Waals surface area contributed by atoms with E-state index in [2.05, 4.69) is 29.4 Å². The van der Waals surface area contributed by atoms with Crippen molar-refractivity contribution in [3.05, 3.63) is 35.4 Å². The number of rotatable bonds is 6. The summed E-state index contributed by atoms with van der Waals surface area (Å²) in [5, 5.41) is 5.10. The highest BCUT2D eigenvalue weighted by Crippen LogP contribution is 2.20. The van der Waals surface area contributed by atoms with Gasteiger partial charge >= 0.3 is 0 Å². The highest BCUT2D eigenvalue weighted by Gasteiger charge is 2.21. The SMILES string of the molecule is CC1CC(C)CN(CCNC(=O)CNC(=O)c2cc(F)cc(F)c2)C1. The van der Waals surface area contributed by atoms with Gasteiger partial charge in [0.25, 0.3) is 5.91 Å². The molecule has 2 rings (SSSR count). The van der Waals surface area contributed by atoms with Crippen LogP contribution in [0.5, 0.6) is 0 Å². The predicted octanol–water partition coefficient (Wildman–Crippen LogP) is 1.79. The first-order valence-corrected chi connectivity index (χ1v) is 8.57. The summed E-state index contributed by atoms with van der Waals surface area (Å²) in [5.74, 6) is -1.37. The fourth-order valence-electron chi connectivity index (χ4n) is 3.34. The fourth-order valence-corrected chi connectivity index (χ4v) is 3.34. The normalized spacial score (nSPS) is 21.0. The molecule has 5 nitrogen and oxygen atoms in total. The minimum atomic E-state index is -0.834. The van der Waals surface area contributed by atoms with E-state index in [1.807, 2.05) is 0 Å². The van der Waals surface area contributed by atoms with Gasteiger partial charge in [0, 0.05) is 37.8 Å². The molecule has 1 saturated heterocycles. The van der Waals surface area contributed by atoms with Gasteiger partial charge in [-0.15, -0.1) is 0 Å². The maximum Gasteiger partial charge on any atom is 0.251 e. The second-order valence-electron chi connectivity index (χ2n) is 6.90. The van der Waals surface area contributed by atoms with Gasteiger partial charge in [-0.25, -0.2) is 8.78 Å². The standard InChI is InChI=1S/C18H25F2N3O2/c1-12-5-13(2)11-23(10-12)4-3-21-17(24)9-22-18(25)14-6-15(19)8-16(20)7-14/h6-8,12-13H,3-5,9-11H2,1-2H3,(H,21,24)(H,22,25). The molecule has 2 unspecified atom stereocenters. The van der Waals surface area contributed by atoms with E-state index in [9.17, 15) is 18.4 Å².